The summed E-state index contributed by atoms with van der Waals surface area (Å²) in [6, 6.07) is 11.0. The normalized spacial score (nSPS) is 23.6. The average molecular weight is 558 g/mol. The van der Waals surface area contributed by atoms with Crippen molar-refractivity contribution in [3.63, 3.8) is 0 Å². The number of nitrogens with zero attached hydrogens (tertiary/aromatic N) is 2. The van der Waals surface area contributed by atoms with Gasteiger partial charge in [-0.25, -0.2) is 9.37 Å². The maximum Gasteiger partial charge on any atom is 0.325 e. The molecule has 3 unspecified atom stereocenters. The van der Waals surface area contributed by atoms with Gasteiger partial charge < -0.3 is 19.9 Å². The lowest BCUT2D eigenvalue weighted by atomic mass is 9.96. The first-order chi connectivity index (χ1) is 18.9. The van der Waals surface area contributed by atoms with Crippen molar-refractivity contribution >= 4 is 21.0 Å². The van der Waals surface area contributed by atoms with Gasteiger partial charge >= 0.3 is 5.97 Å². The SMILES string of the molecule is O=C(O)[C@H](c1ccccc1CO[C@H]1CCOC1)N1CCC(C(F)(P)CCCCc2ccc3c(n2)NCCC3)C1. The molecule has 2 fully saturated rings. The van der Waals surface area contributed by atoms with Crippen molar-refractivity contribution in [3.8, 4) is 0 Å². The second kappa shape index (κ2) is 13.0. The van der Waals surface area contributed by atoms with Crippen molar-refractivity contribution < 1.29 is 23.8 Å². The number of anilines is 1. The topological polar surface area (TPSA) is 83.9 Å². The summed E-state index contributed by atoms with van der Waals surface area (Å²) in [6.07, 6.45) is 6.65. The third-order valence-corrected chi connectivity index (χ3v) is 9.16. The van der Waals surface area contributed by atoms with E-state index in [1.165, 1.54) is 5.56 Å². The van der Waals surface area contributed by atoms with Crippen LogP contribution in [0, 0.1) is 5.92 Å². The number of benzene rings is 1. The molecular formula is C30H41FN3O4P. The van der Waals surface area contributed by atoms with Gasteiger partial charge in [-0.15, -0.1) is 0 Å². The largest absolute Gasteiger partial charge is 0.480 e. The first-order valence-electron chi connectivity index (χ1n) is 14.3. The molecule has 39 heavy (non-hydrogen) atoms. The summed E-state index contributed by atoms with van der Waals surface area (Å²) in [5.41, 5.74) is 3.92. The van der Waals surface area contributed by atoms with Gasteiger partial charge in [0.25, 0.3) is 0 Å². The van der Waals surface area contributed by atoms with E-state index in [9.17, 15) is 9.90 Å². The molecule has 1 aromatic carbocycles. The molecule has 5 rings (SSSR count). The van der Waals surface area contributed by atoms with Crippen LogP contribution in [0.2, 0.25) is 0 Å². The minimum Gasteiger partial charge on any atom is -0.480 e. The van der Waals surface area contributed by atoms with Gasteiger partial charge in [-0.05, 0) is 80.7 Å². The molecule has 4 heterocycles. The Hall–Kier alpha value is -2.12. The number of aliphatic carboxylic acids is 1. The van der Waals surface area contributed by atoms with Crippen LogP contribution in [-0.4, -0.2) is 65.3 Å². The third kappa shape index (κ3) is 7.15. The monoisotopic (exact) mass is 557 g/mol. The van der Waals surface area contributed by atoms with Crippen LogP contribution in [0.1, 0.15) is 67.0 Å². The number of halogens is 1. The Balaban J connectivity index is 1.15. The Morgan fingerprint density at radius 3 is 2.97 bits per heavy atom. The third-order valence-electron chi connectivity index (χ3n) is 8.40. The van der Waals surface area contributed by atoms with Crippen molar-refractivity contribution in [1.29, 1.82) is 0 Å². The van der Waals surface area contributed by atoms with Gasteiger partial charge in [-0.2, -0.15) is 0 Å². The summed E-state index contributed by atoms with van der Waals surface area (Å²) in [5, 5.41) is 12.2. The molecule has 3 aliphatic heterocycles. The highest BCUT2D eigenvalue weighted by molar-refractivity contribution is 7.18. The second-order valence-corrected chi connectivity index (χ2v) is 12.2. The number of hydrogen-bond acceptors (Lipinski definition) is 6. The lowest BCUT2D eigenvalue weighted by Crippen LogP contribution is -2.35. The Bertz CT molecular complexity index is 1130. The van der Waals surface area contributed by atoms with Crippen LogP contribution in [0.3, 0.4) is 0 Å². The number of aromatic nitrogens is 1. The number of alkyl halides is 1. The molecule has 0 spiro atoms. The molecule has 212 valence electrons. The van der Waals surface area contributed by atoms with Crippen LogP contribution in [-0.2, 0) is 33.7 Å². The van der Waals surface area contributed by atoms with Gasteiger partial charge in [-0.1, -0.05) is 39.6 Å². The number of ether oxygens (including phenoxy) is 2. The lowest BCUT2D eigenvalue weighted by Gasteiger charge is -2.30. The van der Waals surface area contributed by atoms with Crippen molar-refractivity contribution in [1.82, 2.24) is 9.88 Å². The number of rotatable bonds is 12. The number of nitrogens with one attached hydrogen (secondary N) is 1. The molecule has 0 bridgehead atoms. The zero-order valence-corrected chi connectivity index (χ0v) is 23.8. The molecule has 5 atom stereocenters. The highest BCUT2D eigenvalue weighted by Gasteiger charge is 2.42. The van der Waals surface area contributed by atoms with Gasteiger partial charge in [0.1, 0.15) is 17.3 Å². The molecular weight excluding hydrogens is 516 g/mol. The van der Waals surface area contributed by atoms with Gasteiger partial charge in [0.2, 0.25) is 0 Å². The second-order valence-electron chi connectivity index (χ2n) is 11.2. The van der Waals surface area contributed by atoms with E-state index in [1.54, 1.807) is 0 Å². The number of fused-ring (bicyclic) bond motifs is 1. The molecule has 2 saturated heterocycles. The van der Waals surface area contributed by atoms with E-state index >= 15 is 4.39 Å². The van der Waals surface area contributed by atoms with Crippen LogP contribution >= 0.6 is 9.24 Å². The van der Waals surface area contributed by atoms with E-state index in [4.69, 9.17) is 14.5 Å². The van der Waals surface area contributed by atoms with Gasteiger partial charge in [-0.3, -0.25) is 9.69 Å². The van der Waals surface area contributed by atoms with Crippen molar-refractivity contribution in [3.05, 3.63) is 58.8 Å². The number of aryl methyl sites for hydroxylation is 2. The minimum absolute atomic E-state index is 0.0430. The van der Waals surface area contributed by atoms with Crippen molar-refractivity contribution in [2.75, 3.05) is 38.2 Å². The predicted octanol–water partition coefficient (Wildman–Crippen LogP) is 5.15. The van der Waals surface area contributed by atoms with Crippen LogP contribution < -0.4 is 5.32 Å². The summed E-state index contributed by atoms with van der Waals surface area (Å²) in [5.74, 6) is -0.133. The molecule has 0 saturated carbocycles. The highest BCUT2D eigenvalue weighted by Crippen LogP contribution is 2.42. The molecule has 3 aliphatic rings. The number of likely N-dealkylation sites (tertiary alicyclic amines) is 1. The van der Waals surface area contributed by atoms with Crippen LogP contribution in [0.15, 0.2) is 36.4 Å². The van der Waals surface area contributed by atoms with E-state index in [0.29, 0.717) is 45.8 Å². The number of pyridine rings is 1. The Morgan fingerprint density at radius 2 is 2.15 bits per heavy atom. The predicted molar refractivity (Wildman–Crippen MR) is 153 cm³/mol. The molecule has 0 aliphatic carbocycles. The zero-order valence-electron chi connectivity index (χ0n) is 22.6. The highest BCUT2D eigenvalue weighted by atomic mass is 31.0. The Morgan fingerprint density at radius 1 is 1.28 bits per heavy atom. The van der Waals surface area contributed by atoms with Gasteiger partial charge in [0.05, 0.1) is 19.3 Å². The molecule has 7 nitrogen and oxygen atoms in total. The molecule has 0 radical (unpaired) electrons. The first-order valence-corrected chi connectivity index (χ1v) is 14.9. The fraction of sp³-hybridized carbons (Fsp3) is 0.600. The maximum atomic E-state index is 15.9. The smallest absolute Gasteiger partial charge is 0.325 e. The van der Waals surface area contributed by atoms with Crippen LogP contribution in [0.4, 0.5) is 10.2 Å². The average Bonchev–Trinajstić information content (AvgIpc) is 3.64. The summed E-state index contributed by atoms with van der Waals surface area (Å²) in [4.78, 5) is 19.2. The maximum absolute atomic E-state index is 15.9. The Labute approximate surface area is 233 Å². The summed E-state index contributed by atoms with van der Waals surface area (Å²) in [7, 11) is 2.45. The first kappa shape index (κ1) is 28.4. The van der Waals surface area contributed by atoms with Gasteiger partial charge in [0.15, 0.2) is 0 Å². The fourth-order valence-electron chi connectivity index (χ4n) is 6.10. The number of unbranched alkanes of at least 4 members (excludes halogenated alkanes) is 1. The molecule has 2 aromatic rings. The standard InChI is InChI=1S/C30H41FN3O4P/c31-30(39,14-4-3-8-24-11-10-21-7-5-15-32-28(21)33-24)23-12-16-34(18-23)27(29(35)36)26-9-2-1-6-22(26)19-38-25-13-17-37-20-25/h1-2,6,9-11,23,25,27H,3-5,7-8,12-20,39H2,(H,32,33)(H,35,36)/t23?,25-,27-,30?/m0/s1. The zero-order chi connectivity index (χ0) is 27.2. The lowest BCUT2D eigenvalue weighted by molar-refractivity contribution is -0.143. The number of carbonyl (C=O) groups is 1. The van der Waals surface area contributed by atoms with Crippen molar-refractivity contribution in [2.24, 2.45) is 5.92 Å². The number of carboxylic acids is 1. The number of carboxylic acid groups (broad SMARTS) is 1. The number of hydrogen-bond donors (Lipinski definition) is 2. The summed E-state index contributed by atoms with van der Waals surface area (Å²) >= 11 is 0. The van der Waals surface area contributed by atoms with E-state index < -0.39 is 17.4 Å². The minimum atomic E-state index is -1.42. The fourth-order valence-corrected chi connectivity index (χ4v) is 6.57. The quantitative estimate of drug-likeness (QED) is 0.276. The molecule has 2 N–H and O–H groups in total. The van der Waals surface area contributed by atoms with Crippen LogP contribution in [0.5, 0.6) is 0 Å². The van der Waals surface area contributed by atoms with Crippen LogP contribution in [0.25, 0.3) is 0 Å². The van der Waals surface area contributed by atoms with Gasteiger partial charge in [0, 0.05) is 31.3 Å². The van der Waals surface area contributed by atoms with E-state index in [-0.39, 0.29) is 12.0 Å². The Kier molecular flexibility index (Phi) is 9.49. The molecule has 0 amide bonds. The van der Waals surface area contributed by atoms with E-state index in [1.807, 2.05) is 29.2 Å². The summed E-state index contributed by atoms with van der Waals surface area (Å²) in [6.45, 7) is 3.56. The van der Waals surface area contributed by atoms with Crippen molar-refractivity contribution in [2.45, 2.75) is 75.5 Å². The molecule has 1 aromatic heterocycles. The summed E-state index contributed by atoms with van der Waals surface area (Å²) < 4.78 is 27.3. The molecule has 9 heteroatoms. The van der Waals surface area contributed by atoms with E-state index in [2.05, 4.69) is 26.7 Å². The van der Waals surface area contributed by atoms with E-state index in [0.717, 1.165) is 67.7 Å².